The Morgan fingerprint density at radius 3 is 2.28 bits per heavy atom. The molecule has 3 rings (SSSR count). The van der Waals surface area contributed by atoms with E-state index in [1.54, 1.807) is 35.7 Å². The Morgan fingerprint density at radius 1 is 1.04 bits per heavy atom. The molecule has 1 aliphatic heterocycles. The van der Waals surface area contributed by atoms with E-state index in [2.05, 4.69) is 0 Å². The molecule has 1 atom stereocenters. The highest BCUT2D eigenvalue weighted by atomic mass is 32.2. The van der Waals surface area contributed by atoms with E-state index in [0.29, 0.717) is 23.8 Å². The molecule has 0 amide bonds. The van der Waals surface area contributed by atoms with E-state index >= 15 is 0 Å². The number of hydrogen-bond acceptors (Lipinski definition) is 4. The van der Waals surface area contributed by atoms with Crippen molar-refractivity contribution < 1.29 is 17.9 Å². The van der Waals surface area contributed by atoms with Crippen LogP contribution in [0.25, 0.3) is 0 Å². The summed E-state index contributed by atoms with van der Waals surface area (Å²) < 4.78 is 38.3. The van der Waals surface area contributed by atoms with Gasteiger partial charge in [0.2, 0.25) is 10.0 Å². The summed E-state index contributed by atoms with van der Waals surface area (Å²) in [5.74, 6) is 1.44. The summed E-state index contributed by atoms with van der Waals surface area (Å²) in [5, 5.41) is 0. The number of ether oxygens (including phenoxy) is 2. The number of sulfonamides is 1. The first-order valence-electron chi connectivity index (χ1n) is 8.45. The second-order valence-electron chi connectivity index (χ2n) is 5.95. The van der Waals surface area contributed by atoms with Gasteiger partial charge in [-0.15, -0.1) is 0 Å². The first-order valence-corrected chi connectivity index (χ1v) is 9.89. The molecule has 0 N–H and O–H groups in total. The number of nitrogens with zero attached hydrogens (tertiary/aromatic N) is 1. The molecule has 0 spiro atoms. The Hall–Kier alpha value is -2.05. The maximum Gasteiger partial charge on any atom is 0.243 e. The van der Waals surface area contributed by atoms with Crippen LogP contribution in [0.2, 0.25) is 0 Å². The fraction of sp³-hybridized carbons (Fsp3) is 0.368. The van der Waals surface area contributed by atoms with Gasteiger partial charge in [0.15, 0.2) is 0 Å². The quantitative estimate of drug-likeness (QED) is 0.788. The van der Waals surface area contributed by atoms with Crippen LogP contribution in [0.3, 0.4) is 0 Å². The molecule has 0 saturated carbocycles. The van der Waals surface area contributed by atoms with Crippen LogP contribution in [0, 0.1) is 0 Å². The van der Waals surface area contributed by atoms with Crippen LogP contribution >= 0.6 is 0 Å². The molecule has 1 fully saturated rings. The van der Waals surface area contributed by atoms with E-state index in [0.717, 1.165) is 24.2 Å². The summed E-state index contributed by atoms with van der Waals surface area (Å²) in [6.07, 6.45) is 1.68. The van der Waals surface area contributed by atoms with Crippen LogP contribution in [0.4, 0.5) is 0 Å². The van der Waals surface area contributed by atoms with Crippen molar-refractivity contribution in [3.05, 3.63) is 54.1 Å². The van der Waals surface area contributed by atoms with Gasteiger partial charge in [0.05, 0.1) is 24.7 Å². The molecule has 134 valence electrons. The highest BCUT2D eigenvalue weighted by Crippen LogP contribution is 2.37. The van der Waals surface area contributed by atoms with Gasteiger partial charge in [0.1, 0.15) is 11.5 Å². The van der Waals surface area contributed by atoms with Crippen molar-refractivity contribution in [2.24, 2.45) is 0 Å². The van der Waals surface area contributed by atoms with E-state index in [1.807, 2.05) is 31.2 Å². The number of methoxy groups -OCH3 is 1. The lowest BCUT2D eigenvalue weighted by Crippen LogP contribution is -2.30. The third-order valence-corrected chi connectivity index (χ3v) is 6.37. The highest BCUT2D eigenvalue weighted by molar-refractivity contribution is 7.89. The second-order valence-corrected chi connectivity index (χ2v) is 7.84. The molecule has 2 aromatic rings. The summed E-state index contributed by atoms with van der Waals surface area (Å²) in [5.41, 5.74) is 0.993. The van der Waals surface area contributed by atoms with Crippen LogP contribution < -0.4 is 9.47 Å². The monoisotopic (exact) mass is 361 g/mol. The van der Waals surface area contributed by atoms with Gasteiger partial charge in [-0.05, 0) is 61.7 Å². The zero-order valence-electron chi connectivity index (χ0n) is 14.5. The molecule has 0 unspecified atom stereocenters. The van der Waals surface area contributed by atoms with Gasteiger partial charge in [-0.1, -0.05) is 12.1 Å². The fourth-order valence-electron chi connectivity index (χ4n) is 3.20. The van der Waals surface area contributed by atoms with Crippen LogP contribution in [-0.4, -0.2) is 33.0 Å². The molecule has 0 radical (unpaired) electrons. The summed E-state index contributed by atoms with van der Waals surface area (Å²) in [4.78, 5) is 0.302. The van der Waals surface area contributed by atoms with Crippen molar-refractivity contribution in [1.29, 1.82) is 0 Å². The molecule has 1 saturated heterocycles. The predicted molar refractivity (Wildman–Crippen MR) is 96.5 cm³/mol. The lowest BCUT2D eigenvalue weighted by atomic mass is 10.1. The average Bonchev–Trinajstić information content (AvgIpc) is 3.13. The lowest BCUT2D eigenvalue weighted by molar-refractivity contribution is 0.340. The van der Waals surface area contributed by atoms with Gasteiger partial charge >= 0.3 is 0 Å². The van der Waals surface area contributed by atoms with Crippen LogP contribution in [0.1, 0.15) is 31.4 Å². The third kappa shape index (κ3) is 3.65. The molecular weight excluding hydrogens is 338 g/mol. The maximum atomic E-state index is 13.1. The van der Waals surface area contributed by atoms with Gasteiger partial charge in [-0.2, -0.15) is 4.31 Å². The molecule has 1 heterocycles. The third-order valence-electron chi connectivity index (χ3n) is 4.45. The standard InChI is InChI=1S/C19H23NO4S/c1-3-24-17-10-12-18(13-11-17)25(21,22)20-14-4-5-19(20)15-6-8-16(23-2)9-7-15/h6-13,19H,3-5,14H2,1-2H3/t19-/m1/s1. The lowest BCUT2D eigenvalue weighted by Gasteiger charge is -2.24. The molecule has 0 aliphatic carbocycles. The minimum atomic E-state index is -3.54. The summed E-state index contributed by atoms with van der Waals surface area (Å²) in [6.45, 7) is 2.98. The summed E-state index contributed by atoms with van der Waals surface area (Å²) in [7, 11) is -1.92. The van der Waals surface area contributed by atoms with Crippen LogP contribution in [-0.2, 0) is 10.0 Å². The van der Waals surface area contributed by atoms with Crippen molar-refractivity contribution in [2.45, 2.75) is 30.7 Å². The first kappa shape index (κ1) is 17.8. The van der Waals surface area contributed by atoms with Crippen LogP contribution in [0.5, 0.6) is 11.5 Å². The smallest absolute Gasteiger partial charge is 0.243 e. The van der Waals surface area contributed by atoms with Gasteiger partial charge < -0.3 is 9.47 Å². The molecule has 1 aliphatic rings. The molecule has 5 nitrogen and oxygen atoms in total. The van der Waals surface area contributed by atoms with Crippen LogP contribution in [0.15, 0.2) is 53.4 Å². The second kappa shape index (κ2) is 7.45. The molecule has 25 heavy (non-hydrogen) atoms. The van der Waals surface area contributed by atoms with E-state index in [9.17, 15) is 8.42 Å². The minimum absolute atomic E-state index is 0.137. The van der Waals surface area contributed by atoms with E-state index in [4.69, 9.17) is 9.47 Å². The topological polar surface area (TPSA) is 55.8 Å². The molecule has 0 aromatic heterocycles. The Labute approximate surface area is 149 Å². The molecular formula is C19H23NO4S. The minimum Gasteiger partial charge on any atom is -0.497 e. The number of hydrogen-bond donors (Lipinski definition) is 0. The Balaban J connectivity index is 1.86. The largest absolute Gasteiger partial charge is 0.497 e. The average molecular weight is 361 g/mol. The molecule has 2 aromatic carbocycles. The SMILES string of the molecule is CCOc1ccc(S(=O)(=O)N2CCC[C@@H]2c2ccc(OC)cc2)cc1. The normalized spacial score (nSPS) is 18.2. The van der Waals surface area contributed by atoms with Gasteiger partial charge in [-0.25, -0.2) is 8.42 Å². The Morgan fingerprint density at radius 2 is 1.68 bits per heavy atom. The highest BCUT2D eigenvalue weighted by Gasteiger charge is 2.36. The maximum absolute atomic E-state index is 13.1. The predicted octanol–water partition coefficient (Wildman–Crippen LogP) is 3.62. The molecule has 0 bridgehead atoms. The van der Waals surface area contributed by atoms with Gasteiger partial charge in [-0.3, -0.25) is 0 Å². The van der Waals surface area contributed by atoms with E-state index in [-0.39, 0.29) is 6.04 Å². The first-order chi connectivity index (χ1) is 12.1. The van der Waals surface area contributed by atoms with Gasteiger partial charge in [0.25, 0.3) is 0 Å². The Bertz CT molecular complexity index is 800. The number of rotatable bonds is 6. The van der Waals surface area contributed by atoms with E-state index in [1.165, 1.54) is 0 Å². The fourth-order valence-corrected chi connectivity index (χ4v) is 4.88. The zero-order chi connectivity index (χ0) is 17.9. The van der Waals surface area contributed by atoms with Gasteiger partial charge in [0, 0.05) is 6.54 Å². The van der Waals surface area contributed by atoms with Crippen molar-refractivity contribution in [3.8, 4) is 11.5 Å². The zero-order valence-corrected chi connectivity index (χ0v) is 15.3. The summed E-state index contributed by atoms with van der Waals surface area (Å²) in [6, 6.07) is 14.1. The van der Waals surface area contributed by atoms with E-state index < -0.39 is 10.0 Å². The van der Waals surface area contributed by atoms with Crippen molar-refractivity contribution in [1.82, 2.24) is 4.31 Å². The number of benzene rings is 2. The van der Waals surface area contributed by atoms with Crippen molar-refractivity contribution in [3.63, 3.8) is 0 Å². The molecule has 6 heteroatoms. The Kier molecular flexibility index (Phi) is 5.30. The van der Waals surface area contributed by atoms with Crippen molar-refractivity contribution in [2.75, 3.05) is 20.3 Å². The summed E-state index contributed by atoms with van der Waals surface area (Å²) >= 11 is 0. The van der Waals surface area contributed by atoms with Crippen molar-refractivity contribution >= 4 is 10.0 Å².